The Morgan fingerprint density at radius 3 is 2.21 bits per heavy atom. The van der Waals surface area contributed by atoms with Crippen molar-refractivity contribution in [3.63, 3.8) is 0 Å². The molecule has 19 heavy (non-hydrogen) atoms. The summed E-state index contributed by atoms with van der Waals surface area (Å²) >= 11 is 0. The summed E-state index contributed by atoms with van der Waals surface area (Å²) in [6, 6.07) is 0. The molecule has 0 amide bonds. The number of esters is 1. The normalized spacial score (nSPS) is 31.5. The summed E-state index contributed by atoms with van der Waals surface area (Å²) in [5.74, 6) is -0.675. The largest absolute Gasteiger partial charge is 0.469 e. The van der Waals surface area contributed by atoms with Crippen LogP contribution in [0, 0.1) is 16.7 Å². The SMILES string of the molecule is COC(=O)C(C)C1(C)CCCCC12C(=O)CCC2=O. The van der Waals surface area contributed by atoms with Gasteiger partial charge in [0.2, 0.25) is 0 Å². The van der Waals surface area contributed by atoms with Crippen molar-refractivity contribution in [2.45, 2.75) is 52.4 Å². The van der Waals surface area contributed by atoms with Gasteiger partial charge in [-0.15, -0.1) is 0 Å². The summed E-state index contributed by atoms with van der Waals surface area (Å²) in [4.78, 5) is 36.8. The molecule has 0 aromatic heterocycles. The second-order valence-electron chi connectivity index (χ2n) is 6.12. The second-order valence-corrected chi connectivity index (χ2v) is 6.12. The van der Waals surface area contributed by atoms with E-state index in [0.29, 0.717) is 19.3 Å². The van der Waals surface area contributed by atoms with Crippen LogP contribution in [0.25, 0.3) is 0 Å². The van der Waals surface area contributed by atoms with E-state index in [1.54, 1.807) is 6.92 Å². The Kier molecular flexibility index (Phi) is 3.54. The monoisotopic (exact) mass is 266 g/mol. The van der Waals surface area contributed by atoms with Gasteiger partial charge in [0.1, 0.15) is 11.6 Å². The Morgan fingerprint density at radius 2 is 1.68 bits per heavy atom. The third-order valence-electron chi connectivity index (χ3n) is 5.51. The molecular formula is C15H22O4. The molecule has 2 saturated carbocycles. The summed E-state index contributed by atoms with van der Waals surface area (Å²) in [6.45, 7) is 3.71. The molecule has 0 saturated heterocycles. The molecule has 2 aliphatic carbocycles. The fourth-order valence-corrected chi connectivity index (χ4v) is 4.13. The van der Waals surface area contributed by atoms with Crippen molar-refractivity contribution in [3.8, 4) is 0 Å². The molecule has 4 heteroatoms. The topological polar surface area (TPSA) is 60.4 Å². The predicted molar refractivity (Wildman–Crippen MR) is 69.4 cm³/mol. The molecule has 2 aliphatic rings. The lowest BCUT2D eigenvalue weighted by atomic mass is 9.50. The number of carbonyl (C=O) groups excluding carboxylic acids is 3. The molecule has 2 unspecified atom stereocenters. The van der Waals surface area contributed by atoms with Crippen LogP contribution in [0.5, 0.6) is 0 Å². The molecule has 2 fully saturated rings. The van der Waals surface area contributed by atoms with Crippen molar-refractivity contribution in [2.24, 2.45) is 16.7 Å². The van der Waals surface area contributed by atoms with Gasteiger partial charge in [0.25, 0.3) is 0 Å². The molecule has 106 valence electrons. The van der Waals surface area contributed by atoms with E-state index in [1.807, 2.05) is 6.92 Å². The molecule has 0 heterocycles. The third kappa shape index (κ3) is 1.76. The average Bonchev–Trinajstić information content (AvgIpc) is 2.69. The molecule has 0 radical (unpaired) electrons. The lowest BCUT2D eigenvalue weighted by Gasteiger charge is -2.50. The maximum atomic E-state index is 12.4. The van der Waals surface area contributed by atoms with Crippen LogP contribution < -0.4 is 0 Å². The third-order valence-corrected chi connectivity index (χ3v) is 5.51. The Hall–Kier alpha value is -1.19. The van der Waals surface area contributed by atoms with E-state index < -0.39 is 16.7 Å². The van der Waals surface area contributed by atoms with Crippen LogP contribution >= 0.6 is 0 Å². The first kappa shape index (κ1) is 14.2. The van der Waals surface area contributed by atoms with Gasteiger partial charge < -0.3 is 4.74 Å². The Labute approximate surface area is 113 Å². The van der Waals surface area contributed by atoms with Gasteiger partial charge >= 0.3 is 5.97 Å². The smallest absolute Gasteiger partial charge is 0.308 e. The fourth-order valence-electron chi connectivity index (χ4n) is 4.13. The Morgan fingerprint density at radius 1 is 1.16 bits per heavy atom. The zero-order chi connectivity index (χ0) is 14.3. The highest BCUT2D eigenvalue weighted by molar-refractivity contribution is 6.14. The maximum absolute atomic E-state index is 12.4. The average molecular weight is 266 g/mol. The Bertz CT molecular complexity index is 410. The maximum Gasteiger partial charge on any atom is 0.308 e. The molecule has 1 spiro atoms. The fraction of sp³-hybridized carbons (Fsp3) is 0.800. The second kappa shape index (κ2) is 4.73. The zero-order valence-corrected chi connectivity index (χ0v) is 12.0. The highest BCUT2D eigenvalue weighted by Crippen LogP contribution is 2.59. The van der Waals surface area contributed by atoms with Crippen molar-refractivity contribution < 1.29 is 19.1 Å². The minimum Gasteiger partial charge on any atom is -0.469 e. The highest BCUT2D eigenvalue weighted by atomic mass is 16.5. The zero-order valence-electron chi connectivity index (χ0n) is 12.0. The van der Waals surface area contributed by atoms with Gasteiger partial charge in [0.15, 0.2) is 0 Å². The van der Waals surface area contributed by atoms with Crippen molar-refractivity contribution in [1.29, 1.82) is 0 Å². The minimum atomic E-state index is -0.932. The van der Waals surface area contributed by atoms with Crippen LogP contribution in [0.3, 0.4) is 0 Å². The number of methoxy groups -OCH3 is 1. The van der Waals surface area contributed by atoms with Crippen LogP contribution in [0.15, 0.2) is 0 Å². The van der Waals surface area contributed by atoms with E-state index in [4.69, 9.17) is 4.74 Å². The summed E-state index contributed by atoms with van der Waals surface area (Å²) in [5.41, 5.74) is -1.53. The van der Waals surface area contributed by atoms with Crippen LogP contribution in [0.1, 0.15) is 52.4 Å². The van der Waals surface area contributed by atoms with Gasteiger partial charge in [0, 0.05) is 18.3 Å². The van der Waals surface area contributed by atoms with E-state index in [1.165, 1.54) is 7.11 Å². The van der Waals surface area contributed by atoms with Crippen molar-refractivity contribution in [3.05, 3.63) is 0 Å². The van der Waals surface area contributed by atoms with Gasteiger partial charge in [0.05, 0.1) is 18.4 Å². The summed E-state index contributed by atoms with van der Waals surface area (Å²) < 4.78 is 4.84. The van der Waals surface area contributed by atoms with E-state index in [0.717, 1.165) is 19.3 Å². The van der Waals surface area contributed by atoms with E-state index in [2.05, 4.69) is 0 Å². The Balaban J connectivity index is 2.48. The molecule has 0 aromatic carbocycles. The van der Waals surface area contributed by atoms with E-state index >= 15 is 0 Å². The van der Waals surface area contributed by atoms with Gasteiger partial charge in [-0.25, -0.2) is 0 Å². The minimum absolute atomic E-state index is 0.0375. The van der Waals surface area contributed by atoms with Crippen LogP contribution in [-0.2, 0) is 19.1 Å². The molecule has 0 N–H and O–H groups in total. The molecule has 2 atom stereocenters. The molecule has 2 rings (SSSR count). The quantitative estimate of drug-likeness (QED) is 0.568. The molecule has 0 aliphatic heterocycles. The van der Waals surface area contributed by atoms with Crippen LogP contribution in [0.4, 0.5) is 0 Å². The molecule has 0 bridgehead atoms. The first-order valence-corrected chi connectivity index (χ1v) is 7.04. The van der Waals surface area contributed by atoms with E-state index in [-0.39, 0.29) is 17.5 Å². The summed E-state index contributed by atoms with van der Waals surface area (Å²) in [7, 11) is 1.36. The number of hydrogen-bond acceptors (Lipinski definition) is 4. The number of Topliss-reactive ketones (excluding diaryl/α,β-unsaturated/α-hetero) is 2. The van der Waals surface area contributed by atoms with Gasteiger partial charge in [-0.3, -0.25) is 14.4 Å². The lowest BCUT2D eigenvalue weighted by molar-refractivity contribution is -0.163. The standard InChI is InChI=1S/C15H22O4/c1-10(13(18)19-3)14(2)8-4-5-9-15(14)11(16)6-7-12(15)17/h10H,4-9H2,1-3H3. The van der Waals surface area contributed by atoms with Gasteiger partial charge in [-0.2, -0.15) is 0 Å². The molecule has 4 nitrogen and oxygen atoms in total. The van der Waals surface area contributed by atoms with Gasteiger partial charge in [-0.05, 0) is 12.8 Å². The summed E-state index contributed by atoms with van der Waals surface area (Å²) in [5, 5.41) is 0. The van der Waals surface area contributed by atoms with Crippen molar-refractivity contribution >= 4 is 17.5 Å². The number of carbonyl (C=O) groups is 3. The first-order valence-electron chi connectivity index (χ1n) is 7.04. The molecular weight excluding hydrogens is 244 g/mol. The van der Waals surface area contributed by atoms with Gasteiger partial charge in [-0.1, -0.05) is 26.7 Å². The predicted octanol–water partition coefficient (Wildman–Crippen LogP) is 2.29. The first-order chi connectivity index (χ1) is 8.90. The van der Waals surface area contributed by atoms with E-state index in [9.17, 15) is 14.4 Å². The van der Waals surface area contributed by atoms with Crippen molar-refractivity contribution in [1.82, 2.24) is 0 Å². The highest BCUT2D eigenvalue weighted by Gasteiger charge is 2.64. The number of rotatable bonds is 2. The molecule has 0 aromatic rings. The van der Waals surface area contributed by atoms with Crippen LogP contribution in [-0.4, -0.2) is 24.6 Å². The number of ether oxygens (including phenoxy) is 1. The van der Waals surface area contributed by atoms with Crippen LogP contribution in [0.2, 0.25) is 0 Å². The number of hydrogen-bond donors (Lipinski definition) is 0. The summed E-state index contributed by atoms with van der Waals surface area (Å²) in [6.07, 6.45) is 3.86. The number of ketones is 2. The lowest BCUT2D eigenvalue weighted by Crippen LogP contribution is -2.55. The van der Waals surface area contributed by atoms with Crippen molar-refractivity contribution in [2.75, 3.05) is 7.11 Å².